The first-order chi connectivity index (χ1) is 16.6. The molecule has 1 fully saturated rings. The van der Waals surface area contributed by atoms with Crippen LogP contribution in [0.1, 0.15) is 61.8 Å². The fourth-order valence-electron chi connectivity index (χ4n) is 4.92. The minimum absolute atomic E-state index is 0.106. The van der Waals surface area contributed by atoms with E-state index in [4.69, 9.17) is 9.47 Å². The first-order valence-corrected chi connectivity index (χ1v) is 12.0. The van der Waals surface area contributed by atoms with E-state index in [9.17, 15) is 18.0 Å². The molecule has 0 aromatic heterocycles. The number of hydrogen-bond donors (Lipinski definition) is 0. The van der Waals surface area contributed by atoms with E-state index in [-0.39, 0.29) is 18.0 Å². The molecule has 2 aliphatic rings. The van der Waals surface area contributed by atoms with Gasteiger partial charge in [0.05, 0.1) is 19.1 Å². The van der Waals surface area contributed by atoms with Gasteiger partial charge in [0.15, 0.2) is 0 Å². The number of carbonyl (C=O) groups is 1. The number of halogens is 3. The van der Waals surface area contributed by atoms with Gasteiger partial charge in [0.25, 0.3) is 0 Å². The number of benzene rings is 2. The molecule has 4 rings (SSSR count). The molecule has 0 atom stereocenters. The Bertz CT molecular complexity index is 1110. The van der Waals surface area contributed by atoms with Crippen LogP contribution in [0.3, 0.4) is 0 Å². The lowest BCUT2D eigenvalue weighted by molar-refractivity contribution is -0.143. The van der Waals surface area contributed by atoms with Crippen molar-refractivity contribution in [1.29, 1.82) is 0 Å². The summed E-state index contributed by atoms with van der Waals surface area (Å²) in [5.74, 6) is 0.508. The molecule has 2 heterocycles. The predicted octanol–water partition coefficient (Wildman–Crippen LogP) is 6.47. The van der Waals surface area contributed by atoms with E-state index in [0.29, 0.717) is 17.7 Å². The molecule has 7 heteroatoms. The predicted molar refractivity (Wildman–Crippen MR) is 129 cm³/mol. The Labute approximate surface area is 204 Å². The van der Waals surface area contributed by atoms with Crippen molar-refractivity contribution in [3.05, 3.63) is 70.3 Å². The van der Waals surface area contributed by atoms with Crippen molar-refractivity contribution < 1.29 is 27.4 Å². The summed E-state index contributed by atoms with van der Waals surface area (Å²) >= 11 is 0. The topological polar surface area (TPSA) is 38.8 Å². The Balaban J connectivity index is 1.58. The Kier molecular flexibility index (Phi) is 7.27. The molecular weight excluding hydrogens is 455 g/mol. The maximum absolute atomic E-state index is 13.4. The Morgan fingerprint density at radius 3 is 2.46 bits per heavy atom. The second kappa shape index (κ2) is 10.1. The van der Waals surface area contributed by atoms with Crippen LogP contribution in [0.4, 0.5) is 13.2 Å². The largest absolute Gasteiger partial charge is 0.488 e. The number of fused-ring (bicyclic) bond motifs is 2. The van der Waals surface area contributed by atoms with E-state index < -0.39 is 11.7 Å². The fraction of sp³-hybridized carbons (Fsp3) is 0.464. The standard InChI is InChI=1S/C28H32F3NO3/c1-27(2,17-25(33)34-3)12-15-32-13-10-19(11-14-32)26-22-9-8-21(28(29,30)31)16-20(22)18-35-24-7-5-4-6-23(24)26/h4-9,16H,10-15,17-18H2,1-3H3. The second-order valence-electron chi connectivity index (χ2n) is 10.1. The Morgan fingerprint density at radius 2 is 1.77 bits per heavy atom. The van der Waals surface area contributed by atoms with Crippen LogP contribution in [0.5, 0.6) is 5.75 Å². The first kappa shape index (κ1) is 25.3. The summed E-state index contributed by atoms with van der Waals surface area (Å²) in [6.07, 6.45) is -1.45. The van der Waals surface area contributed by atoms with Gasteiger partial charge < -0.3 is 14.4 Å². The van der Waals surface area contributed by atoms with Crippen LogP contribution in [0.15, 0.2) is 48.0 Å². The SMILES string of the molecule is COC(=O)CC(C)(C)CCN1CCC(=C2c3ccc(C(F)(F)F)cc3COc3ccccc32)CC1. The van der Waals surface area contributed by atoms with Crippen LogP contribution < -0.4 is 4.74 Å². The number of piperidine rings is 1. The highest BCUT2D eigenvalue weighted by Crippen LogP contribution is 2.42. The maximum atomic E-state index is 13.4. The van der Waals surface area contributed by atoms with Gasteiger partial charge in [-0.3, -0.25) is 4.79 Å². The molecule has 1 saturated heterocycles. The molecule has 2 aromatic carbocycles. The Hall–Kier alpha value is -2.80. The van der Waals surface area contributed by atoms with E-state index in [2.05, 4.69) is 18.7 Å². The molecule has 2 aliphatic heterocycles. The van der Waals surface area contributed by atoms with E-state index >= 15 is 0 Å². The molecule has 188 valence electrons. The van der Waals surface area contributed by atoms with Gasteiger partial charge in [0.2, 0.25) is 0 Å². The lowest BCUT2D eigenvalue weighted by atomic mass is 9.84. The highest BCUT2D eigenvalue weighted by molar-refractivity contribution is 5.87. The zero-order chi connectivity index (χ0) is 25.2. The van der Waals surface area contributed by atoms with Crippen LogP contribution in [0, 0.1) is 5.41 Å². The lowest BCUT2D eigenvalue weighted by Crippen LogP contribution is -2.34. The Morgan fingerprint density at radius 1 is 1.06 bits per heavy atom. The van der Waals surface area contributed by atoms with Crippen molar-refractivity contribution in [3.8, 4) is 5.75 Å². The van der Waals surface area contributed by atoms with Crippen LogP contribution in [0.2, 0.25) is 0 Å². The molecular formula is C28H32F3NO3. The summed E-state index contributed by atoms with van der Waals surface area (Å²) in [6, 6.07) is 11.7. The fourth-order valence-corrected chi connectivity index (χ4v) is 4.92. The number of methoxy groups -OCH3 is 1. The van der Waals surface area contributed by atoms with E-state index in [1.165, 1.54) is 24.8 Å². The molecule has 2 aromatic rings. The minimum atomic E-state index is -4.39. The number of nitrogens with zero attached hydrogens (tertiary/aromatic N) is 1. The van der Waals surface area contributed by atoms with Crippen molar-refractivity contribution >= 4 is 11.5 Å². The van der Waals surface area contributed by atoms with E-state index in [0.717, 1.165) is 55.6 Å². The summed E-state index contributed by atoms with van der Waals surface area (Å²) in [7, 11) is 1.41. The number of hydrogen-bond acceptors (Lipinski definition) is 4. The van der Waals surface area contributed by atoms with Gasteiger partial charge >= 0.3 is 12.1 Å². The lowest BCUT2D eigenvalue weighted by Gasteiger charge is -2.33. The molecule has 0 aliphatic carbocycles. The van der Waals surface area contributed by atoms with Crippen LogP contribution in [-0.2, 0) is 22.3 Å². The average Bonchev–Trinajstić information content (AvgIpc) is 2.99. The van der Waals surface area contributed by atoms with Crippen molar-refractivity contribution in [1.82, 2.24) is 4.90 Å². The summed E-state index contributed by atoms with van der Waals surface area (Å²) < 4.78 is 50.9. The normalized spacial score (nSPS) is 16.7. The number of likely N-dealkylation sites (tertiary alicyclic amines) is 1. The van der Waals surface area contributed by atoms with Gasteiger partial charge in [0, 0.05) is 18.7 Å². The zero-order valence-electron chi connectivity index (χ0n) is 20.5. The smallest absolute Gasteiger partial charge is 0.416 e. The average molecular weight is 488 g/mol. The molecule has 4 nitrogen and oxygen atoms in total. The van der Waals surface area contributed by atoms with Gasteiger partial charge in [-0.25, -0.2) is 0 Å². The molecule has 0 saturated carbocycles. The summed E-state index contributed by atoms with van der Waals surface area (Å²) in [6.45, 7) is 6.89. The van der Waals surface area contributed by atoms with E-state index in [1.54, 1.807) is 6.07 Å². The minimum Gasteiger partial charge on any atom is -0.488 e. The third-order valence-corrected chi connectivity index (χ3v) is 7.01. The second-order valence-corrected chi connectivity index (χ2v) is 10.1. The number of alkyl halides is 3. The van der Waals surface area contributed by atoms with Crippen molar-refractivity contribution in [2.75, 3.05) is 26.7 Å². The van der Waals surface area contributed by atoms with Crippen LogP contribution >= 0.6 is 0 Å². The van der Waals surface area contributed by atoms with Crippen molar-refractivity contribution in [3.63, 3.8) is 0 Å². The van der Waals surface area contributed by atoms with Crippen molar-refractivity contribution in [2.45, 2.75) is 52.3 Å². The number of esters is 1. The zero-order valence-corrected chi connectivity index (χ0v) is 20.5. The number of para-hydroxylation sites is 1. The molecule has 0 unspecified atom stereocenters. The molecule has 0 radical (unpaired) electrons. The molecule has 0 spiro atoms. The monoisotopic (exact) mass is 487 g/mol. The maximum Gasteiger partial charge on any atom is 0.416 e. The quantitative estimate of drug-likeness (QED) is 0.453. The third-order valence-electron chi connectivity index (χ3n) is 7.01. The summed E-state index contributed by atoms with van der Waals surface area (Å²) in [4.78, 5) is 14.1. The summed E-state index contributed by atoms with van der Waals surface area (Å²) in [5, 5.41) is 0. The number of carbonyl (C=O) groups excluding carboxylic acids is 1. The first-order valence-electron chi connectivity index (χ1n) is 12.0. The van der Waals surface area contributed by atoms with Gasteiger partial charge in [-0.15, -0.1) is 0 Å². The number of ether oxygens (including phenoxy) is 2. The van der Waals surface area contributed by atoms with E-state index in [1.807, 2.05) is 24.3 Å². The molecule has 0 amide bonds. The highest BCUT2D eigenvalue weighted by atomic mass is 19.4. The van der Waals surface area contributed by atoms with Gasteiger partial charge in [0.1, 0.15) is 12.4 Å². The molecule has 0 bridgehead atoms. The third kappa shape index (κ3) is 5.89. The van der Waals surface area contributed by atoms with Crippen LogP contribution in [-0.4, -0.2) is 37.6 Å². The van der Waals surface area contributed by atoms with Gasteiger partial charge in [-0.1, -0.05) is 43.7 Å². The number of rotatable bonds is 5. The van der Waals surface area contributed by atoms with Gasteiger partial charge in [-0.05, 0) is 66.1 Å². The van der Waals surface area contributed by atoms with Crippen molar-refractivity contribution in [2.24, 2.45) is 5.41 Å². The molecule has 35 heavy (non-hydrogen) atoms. The van der Waals surface area contributed by atoms with Crippen LogP contribution in [0.25, 0.3) is 5.57 Å². The summed E-state index contributed by atoms with van der Waals surface area (Å²) in [5.41, 5.74) is 3.78. The highest BCUT2D eigenvalue weighted by Gasteiger charge is 2.33. The molecule has 0 N–H and O–H groups in total. The van der Waals surface area contributed by atoms with Gasteiger partial charge in [-0.2, -0.15) is 13.2 Å².